The Morgan fingerprint density at radius 2 is 2.04 bits per heavy atom. The van der Waals surface area contributed by atoms with E-state index in [2.05, 4.69) is 10.2 Å². The van der Waals surface area contributed by atoms with Gasteiger partial charge in [0.05, 0.1) is 5.75 Å². The molecule has 1 aliphatic heterocycles. The Balaban J connectivity index is 1.59. The molecule has 9 heteroatoms. The van der Waals surface area contributed by atoms with E-state index in [1.54, 1.807) is 0 Å². The van der Waals surface area contributed by atoms with Crippen LogP contribution < -0.4 is 10.6 Å². The van der Waals surface area contributed by atoms with Gasteiger partial charge in [-0.3, -0.25) is 14.5 Å². The van der Waals surface area contributed by atoms with E-state index in [1.165, 1.54) is 9.58 Å². The summed E-state index contributed by atoms with van der Waals surface area (Å²) in [6.45, 7) is 4.61. The highest BCUT2D eigenvalue weighted by Crippen LogP contribution is 2.24. The lowest BCUT2D eigenvalue weighted by atomic mass is 10.1. The summed E-state index contributed by atoms with van der Waals surface area (Å²) in [7, 11) is 0. The van der Waals surface area contributed by atoms with E-state index in [-0.39, 0.29) is 24.2 Å². The number of nitrogen functional groups attached to an aromatic ring is 1. The van der Waals surface area contributed by atoms with Crippen molar-refractivity contribution in [3.63, 3.8) is 0 Å². The van der Waals surface area contributed by atoms with Crippen LogP contribution >= 0.6 is 11.8 Å². The Kier molecular flexibility index (Phi) is 5.46. The summed E-state index contributed by atoms with van der Waals surface area (Å²) < 4.78 is 7.15. The number of amides is 2. The first kappa shape index (κ1) is 18.2. The van der Waals surface area contributed by atoms with E-state index in [9.17, 15) is 9.59 Å². The molecule has 2 heterocycles. The number of benzene rings is 1. The van der Waals surface area contributed by atoms with Crippen LogP contribution in [0.3, 0.4) is 0 Å². The maximum atomic E-state index is 12.1. The smallest absolute Gasteiger partial charge is 0.239 e. The summed E-state index contributed by atoms with van der Waals surface area (Å²) in [5.74, 6) is 7.02. The zero-order valence-electron chi connectivity index (χ0n) is 14.8. The first-order valence-corrected chi connectivity index (χ1v) is 9.30. The molecule has 0 radical (unpaired) electrons. The van der Waals surface area contributed by atoms with Crippen LogP contribution in [-0.4, -0.2) is 43.9 Å². The number of para-hydroxylation sites is 1. The van der Waals surface area contributed by atoms with E-state index in [0.717, 1.165) is 35.1 Å². The zero-order valence-corrected chi connectivity index (χ0v) is 15.6. The Hall–Kier alpha value is -2.55. The highest BCUT2D eigenvalue weighted by atomic mass is 32.2. The van der Waals surface area contributed by atoms with Crippen LogP contribution in [0.25, 0.3) is 0 Å². The number of nitrogens with two attached hydrogens (primary N) is 1. The third-order valence-corrected chi connectivity index (χ3v) is 5.12. The molecular weight excluding hydrogens is 354 g/mol. The van der Waals surface area contributed by atoms with Crippen molar-refractivity contribution in [2.24, 2.45) is 0 Å². The van der Waals surface area contributed by atoms with E-state index in [1.807, 2.05) is 32.0 Å². The number of likely N-dealkylation sites (tertiary alicyclic amines) is 1. The molecule has 2 amide bonds. The lowest BCUT2D eigenvalue weighted by molar-refractivity contribution is -0.140. The van der Waals surface area contributed by atoms with Gasteiger partial charge in [0.25, 0.3) is 0 Å². The molecule has 0 unspecified atom stereocenters. The maximum Gasteiger partial charge on any atom is 0.239 e. The van der Waals surface area contributed by atoms with Crippen LogP contribution in [0.5, 0.6) is 5.75 Å². The lowest BCUT2D eigenvalue weighted by Gasteiger charge is -2.13. The number of hydrogen-bond donors (Lipinski definition) is 1. The summed E-state index contributed by atoms with van der Waals surface area (Å²) in [6.07, 6.45) is 1.16. The number of hydrogen-bond acceptors (Lipinski definition) is 7. The molecule has 3 rings (SSSR count). The van der Waals surface area contributed by atoms with Crippen molar-refractivity contribution in [2.45, 2.75) is 38.5 Å². The van der Waals surface area contributed by atoms with Crippen molar-refractivity contribution in [1.82, 2.24) is 19.8 Å². The van der Waals surface area contributed by atoms with E-state index >= 15 is 0 Å². The molecule has 1 fully saturated rings. The average Bonchev–Trinajstić information content (AvgIpc) is 3.19. The number of aromatic nitrogens is 3. The van der Waals surface area contributed by atoms with Gasteiger partial charge < -0.3 is 10.6 Å². The van der Waals surface area contributed by atoms with Gasteiger partial charge in [0.2, 0.25) is 17.0 Å². The van der Waals surface area contributed by atoms with E-state index in [4.69, 9.17) is 10.6 Å². The predicted octanol–water partition coefficient (Wildman–Crippen LogP) is 1.43. The predicted molar refractivity (Wildman–Crippen MR) is 97.1 cm³/mol. The first-order valence-electron chi connectivity index (χ1n) is 8.31. The third-order valence-electron chi connectivity index (χ3n) is 4.19. The Morgan fingerprint density at radius 3 is 2.69 bits per heavy atom. The SMILES string of the molecule is Cc1cccc(C)c1OCc1nnc(SCC(=O)N2CCCC2=O)n1N. The normalized spacial score (nSPS) is 14.1. The number of rotatable bonds is 6. The fourth-order valence-electron chi connectivity index (χ4n) is 2.78. The molecule has 0 bridgehead atoms. The molecule has 1 aromatic heterocycles. The molecule has 0 atom stereocenters. The summed E-state index contributed by atoms with van der Waals surface area (Å²) in [5.41, 5.74) is 2.06. The number of nitrogens with zero attached hydrogens (tertiary/aromatic N) is 4. The van der Waals surface area contributed by atoms with Gasteiger partial charge in [-0.25, -0.2) is 4.68 Å². The number of carbonyl (C=O) groups is 2. The molecular formula is C17H21N5O3S. The van der Waals surface area contributed by atoms with Gasteiger partial charge in [0.1, 0.15) is 12.4 Å². The van der Waals surface area contributed by atoms with Gasteiger partial charge in [-0.05, 0) is 31.4 Å². The fourth-order valence-corrected chi connectivity index (χ4v) is 3.54. The van der Waals surface area contributed by atoms with Crippen LogP contribution in [-0.2, 0) is 16.2 Å². The topological polar surface area (TPSA) is 103 Å². The lowest BCUT2D eigenvalue weighted by Crippen LogP contribution is -2.33. The standard InChI is InChI=1S/C17H21N5O3S/c1-11-5-3-6-12(2)16(11)25-9-13-19-20-17(22(13)18)26-10-15(24)21-8-4-7-14(21)23/h3,5-6H,4,7-10,18H2,1-2H3. The van der Waals surface area contributed by atoms with Gasteiger partial charge in [0, 0.05) is 13.0 Å². The number of ether oxygens (including phenoxy) is 1. The van der Waals surface area contributed by atoms with Crippen molar-refractivity contribution in [1.29, 1.82) is 0 Å². The minimum absolute atomic E-state index is 0.0961. The first-order chi connectivity index (χ1) is 12.5. The number of thioether (sulfide) groups is 1. The molecule has 0 saturated carbocycles. The molecule has 0 aliphatic carbocycles. The Labute approximate surface area is 155 Å². The molecule has 0 spiro atoms. The van der Waals surface area contributed by atoms with Crippen molar-refractivity contribution >= 4 is 23.6 Å². The highest BCUT2D eigenvalue weighted by molar-refractivity contribution is 7.99. The van der Waals surface area contributed by atoms with Gasteiger partial charge in [-0.2, -0.15) is 0 Å². The molecule has 1 aliphatic rings. The number of imide groups is 1. The summed E-state index contributed by atoms with van der Waals surface area (Å²) >= 11 is 1.16. The third kappa shape index (κ3) is 3.82. The minimum Gasteiger partial charge on any atom is -0.485 e. The molecule has 26 heavy (non-hydrogen) atoms. The van der Waals surface area contributed by atoms with Crippen molar-refractivity contribution in [3.8, 4) is 5.75 Å². The van der Waals surface area contributed by atoms with Crippen LogP contribution in [0, 0.1) is 13.8 Å². The van der Waals surface area contributed by atoms with Crippen LogP contribution in [0.15, 0.2) is 23.4 Å². The Morgan fingerprint density at radius 1 is 1.31 bits per heavy atom. The quantitative estimate of drug-likeness (QED) is 0.602. The molecule has 2 aromatic rings. The largest absolute Gasteiger partial charge is 0.485 e. The zero-order chi connectivity index (χ0) is 18.7. The van der Waals surface area contributed by atoms with Gasteiger partial charge in [-0.1, -0.05) is 30.0 Å². The molecule has 2 N–H and O–H groups in total. The molecule has 1 aromatic carbocycles. The number of carbonyl (C=O) groups excluding carboxylic acids is 2. The van der Waals surface area contributed by atoms with E-state index < -0.39 is 0 Å². The monoisotopic (exact) mass is 375 g/mol. The van der Waals surface area contributed by atoms with Gasteiger partial charge in [0.15, 0.2) is 5.82 Å². The van der Waals surface area contributed by atoms with Crippen molar-refractivity contribution in [3.05, 3.63) is 35.2 Å². The fraction of sp³-hybridized carbons (Fsp3) is 0.412. The van der Waals surface area contributed by atoms with Gasteiger partial charge in [-0.15, -0.1) is 10.2 Å². The second-order valence-corrected chi connectivity index (χ2v) is 7.05. The van der Waals surface area contributed by atoms with Crippen LogP contribution in [0.1, 0.15) is 29.8 Å². The second kappa shape index (κ2) is 7.77. The summed E-state index contributed by atoms with van der Waals surface area (Å²) in [6, 6.07) is 5.92. The minimum atomic E-state index is -0.228. The van der Waals surface area contributed by atoms with Crippen molar-refractivity contribution < 1.29 is 14.3 Å². The van der Waals surface area contributed by atoms with Crippen LogP contribution in [0.4, 0.5) is 0 Å². The highest BCUT2D eigenvalue weighted by Gasteiger charge is 2.26. The average molecular weight is 375 g/mol. The van der Waals surface area contributed by atoms with Crippen molar-refractivity contribution in [2.75, 3.05) is 18.1 Å². The molecule has 8 nitrogen and oxygen atoms in total. The van der Waals surface area contributed by atoms with Crippen LogP contribution in [0.2, 0.25) is 0 Å². The summed E-state index contributed by atoms with van der Waals surface area (Å²) in [4.78, 5) is 25.0. The van der Waals surface area contributed by atoms with E-state index in [0.29, 0.717) is 23.9 Å². The number of aryl methyl sites for hydroxylation is 2. The molecule has 138 valence electrons. The summed E-state index contributed by atoms with van der Waals surface area (Å²) in [5, 5.41) is 8.44. The second-order valence-electron chi connectivity index (χ2n) is 6.11. The Bertz CT molecular complexity index is 816. The molecule has 1 saturated heterocycles. The maximum absolute atomic E-state index is 12.1. The van der Waals surface area contributed by atoms with Gasteiger partial charge >= 0.3 is 0 Å².